The lowest BCUT2D eigenvalue weighted by Gasteiger charge is -2.14. The van der Waals surface area contributed by atoms with E-state index >= 15 is 0 Å². The van der Waals surface area contributed by atoms with Crippen LogP contribution in [0, 0.1) is 5.82 Å². The summed E-state index contributed by atoms with van der Waals surface area (Å²) in [6.07, 6.45) is -0.270. The Hall–Kier alpha value is -0.610. The molecule has 0 radical (unpaired) electrons. The minimum absolute atomic E-state index is 0.201. The Morgan fingerprint density at radius 1 is 1.10 bits per heavy atom. The van der Waals surface area contributed by atoms with E-state index in [1.54, 1.807) is 30.3 Å². The van der Waals surface area contributed by atoms with Crippen LogP contribution in [0.4, 0.5) is 4.39 Å². The number of halogens is 4. The third kappa shape index (κ3) is 3.95. The summed E-state index contributed by atoms with van der Waals surface area (Å²) in [6, 6.07) is 9.83. The van der Waals surface area contributed by atoms with E-state index in [4.69, 9.17) is 23.2 Å². The van der Waals surface area contributed by atoms with Gasteiger partial charge >= 0.3 is 0 Å². The first-order valence-electron chi connectivity index (χ1n) is 6.02. The van der Waals surface area contributed by atoms with Gasteiger partial charge in [0.2, 0.25) is 0 Å². The highest BCUT2D eigenvalue weighted by Crippen LogP contribution is 2.26. The molecule has 0 bridgehead atoms. The van der Waals surface area contributed by atoms with Gasteiger partial charge in [-0.05, 0) is 41.5 Å². The summed E-state index contributed by atoms with van der Waals surface area (Å²) in [7, 11) is 0. The van der Waals surface area contributed by atoms with Gasteiger partial charge in [0.05, 0.1) is 6.10 Å². The summed E-state index contributed by atoms with van der Waals surface area (Å²) >= 11 is 15.4. The van der Waals surface area contributed by atoms with E-state index < -0.39 is 6.10 Å². The van der Waals surface area contributed by atoms with E-state index in [0.29, 0.717) is 21.2 Å². The van der Waals surface area contributed by atoms with Crippen LogP contribution < -0.4 is 0 Å². The molecule has 0 fully saturated rings. The second kappa shape index (κ2) is 6.90. The highest BCUT2D eigenvalue weighted by Gasteiger charge is 2.14. The minimum atomic E-state index is -0.754. The van der Waals surface area contributed by atoms with E-state index in [-0.39, 0.29) is 18.7 Å². The first-order chi connectivity index (χ1) is 9.47. The molecular formula is C15H12BrCl2FO. The van der Waals surface area contributed by atoms with Gasteiger partial charge in [-0.2, -0.15) is 0 Å². The number of rotatable bonds is 4. The second-order valence-corrected chi connectivity index (χ2v) is 6.23. The van der Waals surface area contributed by atoms with Gasteiger partial charge in [0, 0.05) is 27.4 Å². The van der Waals surface area contributed by atoms with Gasteiger partial charge in [0.15, 0.2) is 0 Å². The molecule has 0 aromatic heterocycles. The third-order valence-electron chi connectivity index (χ3n) is 2.96. The van der Waals surface area contributed by atoms with Crippen LogP contribution in [0.3, 0.4) is 0 Å². The predicted octanol–water partition coefficient (Wildman–Crippen LogP) is 5.04. The average molecular weight is 378 g/mol. The molecule has 0 aliphatic heterocycles. The third-order valence-corrected chi connectivity index (χ3v) is 4.17. The standard InChI is InChI=1S/C15H12BrCl2FO/c16-10-4-5-15(19)9(6-10)7-11(20)8-12-13(17)2-1-3-14(12)18/h1-6,11,20H,7-8H2. The smallest absolute Gasteiger partial charge is 0.126 e. The van der Waals surface area contributed by atoms with Gasteiger partial charge in [-0.25, -0.2) is 4.39 Å². The average Bonchev–Trinajstić information content (AvgIpc) is 2.38. The van der Waals surface area contributed by atoms with Crippen LogP contribution in [0.15, 0.2) is 40.9 Å². The van der Waals surface area contributed by atoms with Gasteiger partial charge in [-0.1, -0.05) is 45.2 Å². The molecule has 0 spiro atoms. The monoisotopic (exact) mass is 376 g/mol. The summed E-state index contributed by atoms with van der Waals surface area (Å²) in [4.78, 5) is 0. The van der Waals surface area contributed by atoms with E-state index in [1.165, 1.54) is 6.07 Å². The fourth-order valence-electron chi connectivity index (χ4n) is 1.99. The molecule has 2 aromatic rings. The van der Waals surface area contributed by atoms with E-state index in [1.807, 2.05) is 0 Å². The van der Waals surface area contributed by atoms with Crippen LogP contribution in [-0.2, 0) is 12.8 Å². The van der Waals surface area contributed by atoms with Crippen LogP contribution >= 0.6 is 39.1 Å². The SMILES string of the molecule is OC(Cc1cc(Br)ccc1F)Cc1c(Cl)cccc1Cl. The number of aliphatic hydroxyl groups excluding tert-OH is 1. The normalized spacial score (nSPS) is 12.4. The summed E-state index contributed by atoms with van der Waals surface area (Å²) in [5, 5.41) is 11.1. The predicted molar refractivity (Wildman–Crippen MR) is 84.0 cm³/mol. The second-order valence-electron chi connectivity index (χ2n) is 4.50. The van der Waals surface area contributed by atoms with Crippen molar-refractivity contribution in [3.05, 3.63) is 67.9 Å². The van der Waals surface area contributed by atoms with Crippen molar-refractivity contribution >= 4 is 39.1 Å². The number of hydrogen-bond donors (Lipinski definition) is 1. The molecule has 0 saturated carbocycles. The Morgan fingerprint density at radius 3 is 2.40 bits per heavy atom. The largest absolute Gasteiger partial charge is 0.392 e. The van der Waals surface area contributed by atoms with Gasteiger partial charge < -0.3 is 5.11 Å². The fourth-order valence-corrected chi connectivity index (χ4v) is 2.95. The summed E-state index contributed by atoms with van der Waals surface area (Å²) in [5.41, 5.74) is 1.13. The molecule has 2 rings (SSSR count). The van der Waals surface area contributed by atoms with Crippen molar-refractivity contribution in [3.63, 3.8) is 0 Å². The van der Waals surface area contributed by atoms with Crippen LogP contribution in [0.2, 0.25) is 10.0 Å². The first kappa shape index (κ1) is 15.8. The maximum absolute atomic E-state index is 13.6. The maximum Gasteiger partial charge on any atom is 0.126 e. The Morgan fingerprint density at radius 2 is 1.75 bits per heavy atom. The van der Waals surface area contributed by atoms with Crippen molar-refractivity contribution in [2.75, 3.05) is 0 Å². The molecule has 1 atom stereocenters. The lowest BCUT2D eigenvalue weighted by molar-refractivity contribution is 0.174. The molecule has 0 aliphatic rings. The van der Waals surface area contributed by atoms with Crippen LogP contribution in [0.25, 0.3) is 0 Å². The molecule has 0 saturated heterocycles. The van der Waals surface area contributed by atoms with Crippen molar-refractivity contribution in [3.8, 4) is 0 Å². The van der Waals surface area contributed by atoms with Gasteiger partial charge in [-0.3, -0.25) is 0 Å². The Balaban J connectivity index is 2.13. The van der Waals surface area contributed by atoms with Crippen molar-refractivity contribution in [2.24, 2.45) is 0 Å². The Bertz CT molecular complexity index is 599. The van der Waals surface area contributed by atoms with E-state index in [0.717, 1.165) is 4.47 Å². The molecule has 0 amide bonds. The molecule has 1 N–H and O–H groups in total. The molecule has 106 valence electrons. The summed E-state index contributed by atoms with van der Waals surface area (Å²) in [6.45, 7) is 0. The molecule has 1 nitrogen and oxygen atoms in total. The summed E-state index contributed by atoms with van der Waals surface area (Å²) < 4.78 is 14.4. The van der Waals surface area contributed by atoms with Crippen molar-refractivity contribution in [1.29, 1.82) is 0 Å². The van der Waals surface area contributed by atoms with Crippen LogP contribution in [0.5, 0.6) is 0 Å². The zero-order chi connectivity index (χ0) is 14.7. The number of benzene rings is 2. The zero-order valence-electron chi connectivity index (χ0n) is 10.4. The molecule has 0 aliphatic carbocycles. The van der Waals surface area contributed by atoms with Crippen molar-refractivity contribution in [2.45, 2.75) is 18.9 Å². The fraction of sp³-hybridized carbons (Fsp3) is 0.200. The number of hydrogen-bond acceptors (Lipinski definition) is 1. The lowest BCUT2D eigenvalue weighted by Crippen LogP contribution is -2.15. The van der Waals surface area contributed by atoms with Gasteiger partial charge in [0.25, 0.3) is 0 Å². The Labute approximate surface area is 135 Å². The maximum atomic E-state index is 13.6. The lowest BCUT2D eigenvalue weighted by atomic mass is 10.0. The molecular weight excluding hydrogens is 366 g/mol. The van der Waals surface area contributed by atoms with E-state index in [9.17, 15) is 9.50 Å². The molecule has 5 heteroatoms. The van der Waals surface area contributed by atoms with Crippen molar-refractivity contribution < 1.29 is 9.50 Å². The zero-order valence-corrected chi connectivity index (χ0v) is 13.5. The number of aliphatic hydroxyl groups is 1. The quantitative estimate of drug-likeness (QED) is 0.791. The van der Waals surface area contributed by atoms with Gasteiger partial charge in [-0.15, -0.1) is 0 Å². The van der Waals surface area contributed by atoms with E-state index in [2.05, 4.69) is 15.9 Å². The Kier molecular flexibility index (Phi) is 5.44. The highest BCUT2D eigenvalue weighted by molar-refractivity contribution is 9.10. The topological polar surface area (TPSA) is 20.2 Å². The molecule has 2 aromatic carbocycles. The highest BCUT2D eigenvalue weighted by atomic mass is 79.9. The van der Waals surface area contributed by atoms with Crippen LogP contribution in [0.1, 0.15) is 11.1 Å². The summed E-state index contributed by atoms with van der Waals surface area (Å²) in [5.74, 6) is -0.336. The molecule has 20 heavy (non-hydrogen) atoms. The minimum Gasteiger partial charge on any atom is -0.392 e. The molecule has 0 heterocycles. The molecule has 1 unspecified atom stereocenters. The van der Waals surface area contributed by atoms with Gasteiger partial charge in [0.1, 0.15) is 5.82 Å². The first-order valence-corrected chi connectivity index (χ1v) is 7.57. The van der Waals surface area contributed by atoms with Crippen molar-refractivity contribution in [1.82, 2.24) is 0 Å². The van der Waals surface area contributed by atoms with Crippen LogP contribution in [-0.4, -0.2) is 11.2 Å².